The van der Waals surface area contributed by atoms with Crippen LogP contribution < -0.4 is 10.5 Å². The Labute approximate surface area is 189 Å². The maximum atomic E-state index is 12.1. The van der Waals surface area contributed by atoms with Crippen LogP contribution in [0.25, 0.3) is 10.9 Å². The Hall–Kier alpha value is -2.30. The van der Waals surface area contributed by atoms with Crippen molar-refractivity contribution < 1.29 is 22.8 Å². The number of ether oxygens (including phenoxy) is 1. The molecule has 2 aromatic rings. The Morgan fingerprint density at radius 2 is 1.94 bits per heavy atom. The van der Waals surface area contributed by atoms with E-state index in [1.165, 1.54) is 0 Å². The molecule has 0 amide bonds. The summed E-state index contributed by atoms with van der Waals surface area (Å²) in [7, 11) is -3.28. The van der Waals surface area contributed by atoms with Crippen LogP contribution in [0.3, 0.4) is 0 Å². The van der Waals surface area contributed by atoms with E-state index in [4.69, 9.17) is 15.3 Å². The molecular formula is C22H32N4O5S. The van der Waals surface area contributed by atoms with Gasteiger partial charge in [-0.1, -0.05) is 0 Å². The van der Waals surface area contributed by atoms with Crippen LogP contribution >= 0.6 is 0 Å². The van der Waals surface area contributed by atoms with E-state index in [0.717, 1.165) is 35.7 Å². The quantitative estimate of drug-likeness (QED) is 0.657. The van der Waals surface area contributed by atoms with Crippen molar-refractivity contribution in [2.45, 2.75) is 51.3 Å². The lowest BCUT2D eigenvalue weighted by molar-refractivity contribution is -0.204. The smallest absolute Gasteiger partial charge is 0.330 e. The second kappa shape index (κ2) is 9.68. The van der Waals surface area contributed by atoms with Gasteiger partial charge in [0.05, 0.1) is 23.2 Å². The summed E-state index contributed by atoms with van der Waals surface area (Å²) < 4.78 is 28.5. The van der Waals surface area contributed by atoms with Crippen molar-refractivity contribution in [2.75, 3.05) is 26.0 Å². The number of nitrogens with zero attached hydrogens (tertiary/aromatic N) is 3. The summed E-state index contributed by atoms with van der Waals surface area (Å²) in [4.78, 5) is 26.5. The van der Waals surface area contributed by atoms with Gasteiger partial charge in [0.15, 0.2) is 9.84 Å². The third-order valence-electron chi connectivity index (χ3n) is 5.52. The summed E-state index contributed by atoms with van der Waals surface area (Å²) in [5.41, 5.74) is 6.85. The van der Waals surface area contributed by atoms with E-state index >= 15 is 0 Å². The van der Waals surface area contributed by atoms with Gasteiger partial charge in [-0.2, -0.15) is 0 Å². The van der Waals surface area contributed by atoms with Gasteiger partial charge in [0.2, 0.25) is 0 Å². The molecule has 0 saturated carbocycles. The number of hydrogen-bond acceptors (Lipinski definition) is 9. The average Bonchev–Trinajstić information content (AvgIpc) is 2.72. The molecule has 32 heavy (non-hydrogen) atoms. The summed E-state index contributed by atoms with van der Waals surface area (Å²) in [6, 6.07) is 5.59. The predicted octanol–water partition coefficient (Wildman–Crippen LogP) is 2.41. The number of hydrogen-bond donors (Lipinski definition) is 1. The van der Waals surface area contributed by atoms with Crippen molar-refractivity contribution in [2.24, 2.45) is 11.1 Å². The van der Waals surface area contributed by atoms with Crippen molar-refractivity contribution in [1.29, 1.82) is 0 Å². The fraction of sp³-hybridized carbons (Fsp3) is 0.591. The second-order valence-electron chi connectivity index (χ2n) is 9.28. The SMILES string of the molecule is CC(C)(C)C(=O)ON1CCC(c2ncnc3cc(OCCC(N)S(C)(=O)=O)ccc23)CC1. The monoisotopic (exact) mass is 464 g/mol. The summed E-state index contributed by atoms with van der Waals surface area (Å²) in [5, 5.41) is 1.75. The third-order valence-corrected chi connectivity index (χ3v) is 6.86. The van der Waals surface area contributed by atoms with Crippen LogP contribution in [0.5, 0.6) is 5.75 Å². The van der Waals surface area contributed by atoms with Crippen molar-refractivity contribution in [3.05, 3.63) is 30.2 Å². The van der Waals surface area contributed by atoms with Gasteiger partial charge in [-0.3, -0.25) is 0 Å². The van der Waals surface area contributed by atoms with Gasteiger partial charge in [-0.25, -0.2) is 23.2 Å². The van der Waals surface area contributed by atoms with Gasteiger partial charge in [-0.15, -0.1) is 5.06 Å². The first kappa shape index (κ1) is 24.3. The van der Waals surface area contributed by atoms with E-state index < -0.39 is 20.6 Å². The molecule has 1 aliphatic heterocycles. The molecule has 3 rings (SSSR count). The van der Waals surface area contributed by atoms with Crippen molar-refractivity contribution >= 4 is 26.7 Å². The molecule has 2 heterocycles. The highest BCUT2D eigenvalue weighted by Gasteiger charge is 2.29. The van der Waals surface area contributed by atoms with Crippen LogP contribution in [0.4, 0.5) is 0 Å². The fourth-order valence-corrected chi connectivity index (χ4v) is 3.98. The lowest BCUT2D eigenvalue weighted by Gasteiger charge is -2.32. The number of nitrogens with two attached hydrogens (primary N) is 1. The van der Waals surface area contributed by atoms with Gasteiger partial charge in [0, 0.05) is 43.1 Å². The minimum absolute atomic E-state index is 0.198. The number of carbonyl (C=O) groups is 1. The molecule has 2 N–H and O–H groups in total. The molecular weight excluding hydrogens is 432 g/mol. The number of sulfone groups is 1. The molecule has 1 saturated heterocycles. The summed E-state index contributed by atoms with van der Waals surface area (Å²) in [5.74, 6) is 0.616. The number of carbonyl (C=O) groups excluding carboxylic acids is 1. The molecule has 1 aliphatic rings. The van der Waals surface area contributed by atoms with E-state index in [1.54, 1.807) is 11.4 Å². The Kier molecular flexibility index (Phi) is 7.36. The highest BCUT2D eigenvalue weighted by Crippen LogP contribution is 2.32. The maximum Gasteiger partial charge on any atom is 0.330 e. The highest BCUT2D eigenvalue weighted by atomic mass is 32.2. The second-order valence-corrected chi connectivity index (χ2v) is 11.5. The molecule has 1 atom stereocenters. The number of rotatable bonds is 7. The molecule has 0 radical (unpaired) electrons. The highest BCUT2D eigenvalue weighted by molar-refractivity contribution is 7.91. The van der Waals surface area contributed by atoms with Crippen LogP contribution in [-0.2, 0) is 19.5 Å². The van der Waals surface area contributed by atoms with E-state index in [9.17, 15) is 13.2 Å². The Bertz CT molecular complexity index is 1060. The zero-order valence-corrected chi connectivity index (χ0v) is 19.9. The minimum atomic E-state index is -3.28. The van der Waals surface area contributed by atoms with Gasteiger partial charge >= 0.3 is 5.97 Å². The number of piperidine rings is 1. The van der Waals surface area contributed by atoms with E-state index in [1.807, 2.05) is 39.0 Å². The molecule has 1 unspecified atom stereocenters. The number of benzene rings is 1. The summed E-state index contributed by atoms with van der Waals surface area (Å²) in [6.45, 7) is 7.02. The van der Waals surface area contributed by atoms with Crippen LogP contribution in [0, 0.1) is 5.41 Å². The summed E-state index contributed by atoms with van der Waals surface area (Å²) >= 11 is 0. The van der Waals surface area contributed by atoms with Crippen LogP contribution in [0.15, 0.2) is 24.5 Å². The Morgan fingerprint density at radius 3 is 2.56 bits per heavy atom. The van der Waals surface area contributed by atoms with Crippen LogP contribution in [0.2, 0.25) is 0 Å². The van der Waals surface area contributed by atoms with Gasteiger partial charge in [0.1, 0.15) is 17.5 Å². The maximum absolute atomic E-state index is 12.1. The molecule has 1 aromatic heterocycles. The zero-order valence-electron chi connectivity index (χ0n) is 19.1. The normalized spacial score (nSPS) is 17.3. The largest absolute Gasteiger partial charge is 0.493 e. The molecule has 0 bridgehead atoms. The first-order chi connectivity index (χ1) is 14.9. The predicted molar refractivity (Wildman–Crippen MR) is 122 cm³/mol. The lowest BCUT2D eigenvalue weighted by atomic mass is 9.91. The van der Waals surface area contributed by atoms with Crippen molar-refractivity contribution in [3.8, 4) is 5.75 Å². The first-order valence-electron chi connectivity index (χ1n) is 10.7. The number of aromatic nitrogens is 2. The molecule has 0 aliphatic carbocycles. The molecule has 10 heteroatoms. The Balaban J connectivity index is 1.63. The van der Waals surface area contributed by atoms with Gasteiger partial charge in [0.25, 0.3) is 0 Å². The Morgan fingerprint density at radius 1 is 1.25 bits per heavy atom. The third kappa shape index (κ3) is 6.14. The van der Waals surface area contributed by atoms with E-state index in [2.05, 4.69) is 9.97 Å². The van der Waals surface area contributed by atoms with Crippen LogP contribution in [0.1, 0.15) is 51.6 Å². The first-order valence-corrected chi connectivity index (χ1v) is 12.7. The zero-order chi connectivity index (χ0) is 23.5. The van der Waals surface area contributed by atoms with Crippen molar-refractivity contribution in [3.63, 3.8) is 0 Å². The van der Waals surface area contributed by atoms with E-state index in [-0.39, 0.29) is 24.9 Å². The molecule has 1 fully saturated rings. The fourth-order valence-electron chi connectivity index (χ4n) is 3.45. The van der Waals surface area contributed by atoms with Crippen molar-refractivity contribution in [1.82, 2.24) is 15.0 Å². The van der Waals surface area contributed by atoms with Crippen LogP contribution in [-0.4, -0.2) is 60.7 Å². The minimum Gasteiger partial charge on any atom is -0.493 e. The van der Waals surface area contributed by atoms with E-state index in [0.29, 0.717) is 18.8 Å². The van der Waals surface area contributed by atoms with Gasteiger partial charge < -0.3 is 15.3 Å². The molecule has 9 nitrogen and oxygen atoms in total. The number of hydroxylamine groups is 2. The average molecular weight is 465 g/mol. The molecule has 1 aromatic carbocycles. The lowest BCUT2D eigenvalue weighted by Crippen LogP contribution is -2.38. The van der Waals surface area contributed by atoms with Gasteiger partial charge in [-0.05, 0) is 45.7 Å². The standard InChI is InChI=1S/C22H32N4O5S/c1-22(2,3)21(27)31-26-10-7-15(8-11-26)20-17-6-5-16(13-18(17)24-14-25-20)30-12-9-19(23)32(4,28)29/h5-6,13-15,19H,7-12,23H2,1-4H3. The topological polar surface area (TPSA) is 125 Å². The summed E-state index contributed by atoms with van der Waals surface area (Å²) in [6.07, 6.45) is 4.53. The molecule has 176 valence electrons. The molecule has 0 spiro atoms. The number of fused-ring (bicyclic) bond motifs is 1.